The summed E-state index contributed by atoms with van der Waals surface area (Å²) in [5.74, 6) is -0.985. The highest BCUT2D eigenvalue weighted by atomic mass is 16.4. The molecule has 0 saturated carbocycles. The predicted octanol–water partition coefficient (Wildman–Crippen LogP) is 6.42. The van der Waals surface area contributed by atoms with Gasteiger partial charge in [0.25, 0.3) is 0 Å². The van der Waals surface area contributed by atoms with E-state index in [1.54, 1.807) is 13.0 Å². The van der Waals surface area contributed by atoms with Gasteiger partial charge in [-0.05, 0) is 59.5 Å². The van der Waals surface area contributed by atoms with Crippen LogP contribution in [0.1, 0.15) is 33.2 Å². The number of ketones is 1. The molecule has 0 bridgehead atoms. The Morgan fingerprint density at radius 2 is 1.45 bits per heavy atom. The molecule has 5 rings (SSSR count). The minimum atomic E-state index is -0.988. The molecule has 4 nitrogen and oxygen atoms in total. The zero-order valence-corrected chi connectivity index (χ0v) is 17.1. The van der Waals surface area contributed by atoms with E-state index in [0.29, 0.717) is 27.4 Å². The second kappa shape index (κ2) is 7.03. The number of para-hydroxylation sites is 1. The van der Waals surface area contributed by atoms with E-state index in [4.69, 9.17) is 4.98 Å². The molecule has 0 atom stereocenters. The van der Waals surface area contributed by atoms with Crippen molar-refractivity contribution in [2.45, 2.75) is 13.8 Å². The van der Waals surface area contributed by atoms with E-state index in [9.17, 15) is 14.7 Å². The van der Waals surface area contributed by atoms with E-state index in [1.807, 2.05) is 73.7 Å². The van der Waals surface area contributed by atoms with Crippen LogP contribution in [0.25, 0.3) is 43.7 Å². The lowest BCUT2D eigenvalue weighted by Gasteiger charge is -2.17. The third-order valence-corrected chi connectivity index (χ3v) is 5.81. The first-order valence-corrected chi connectivity index (χ1v) is 10.1. The van der Waals surface area contributed by atoms with Crippen LogP contribution in [0.2, 0.25) is 0 Å². The minimum Gasteiger partial charge on any atom is -0.478 e. The molecule has 4 aromatic carbocycles. The third kappa shape index (κ3) is 2.88. The Kier molecular flexibility index (Phi) is 4.29. The average Bonchev–Trinajstić information content (AvgIpc) is 2.76. The number of carboxylic acid groups (broad SMARTS) is 1. The fraction of sp³-hybridized carbons (Fsp3) is 0.0741. The number of fused-ring (bicyclic) bond motifs is 3. The number of carboxylic acids is 1. The van der Waals surface area contributed by atoms with Crippen molar-refractivity contribution in [2.24, 2.45) is 0 Å². The molecular weight excluding hydrogens is 386 g/mol. The average molecular weight is 405 g/mol. The molecule has 0 aliphatic heterocycles. The largest absolute Gasteiger partial charge is 0.478 e. The first-order chi connectivity index (χ1) is 15.0. The maximum Gasteiger partial charge on any atom is 0.337 e. The molecule has 31 heavy (non-hydrogen) atoms. The molecule has 0 amide bonds. The summed E-state index contributed by atoms with van der Waals surface area (Å²) in [5, 5.41) is 13.2. The van der Waals surface area contributed by atoms with Gasteiger partial charge in [-0.1, -0.05) is 54.6 Å². The Labute approximate surface area is 178 Å². The van der Waals surface area contributed by atoms with Crippen molar-refractivity contribution >= 4 is 44.3 Å². The quantitative estimate of drug-likeness (QED) is 0.278. The predicted molar refractivity (Wildman–Crippen MR) is 124 cm³/mol. The van der Waals surface area contributed by atoms with Gasteiger partial charge in [-0.15, -0.1) is 0 Å². The topological polar surface area (TPSA) is 67.3 Å². The summed E-state index contributed by atoms with van der Waals surface area (Å²) in [5.41, 5.74) is 4.84. The molecule has 0 spiro atoms. The number of Topliss-reactive ketones (excluding diaryl/α,β-unsaturated/α-hetero) is 1. The van der Waals surface area contributed by atoms with Gasteiger partial charge in [0.1, 0.15) is 0 Å². The van der Waals surface area contributed by atoms with Crippen molar-refractivity contribution in [3.05, 3.63) is 89.5 Å². The van der Waals surface area contributed by atoms with E-state index in [-0.39, 0.29) is 11.3 Å². The number of aryl methyl sites for hydroxylation is 1. The molecule has 0 unspecified atom stereocenters. The molecule has 0 saturated heterocycles. The fourth-order valence-electron chi connectivity index (χ4n) is 4.54. The summed E-state index contributed by atoms with van der Waals surface area (Å²) < 4.78 is 0. The van der Waals surface area contributed by atoms with E-state index < -0.39 is 5.97 Å². The number of carbonyl (C=O) groups is 2. The van der Waals surface area contributed by atoms with Crippen LogP contribution in [0.15, 0.2) is 72.8 Å². The summed E-state index contributed by atoms with van der Waals surface area (Å²) in [6, 6.07) is 22.7. The summed E-state index contributed by atoms with van der Waals surface area (Å²) in [4.78, 5) is 29.5. The summed E-state index contributed by atoms with van der Waals surface area (Å²) in [6.45, 7) is 3.53. The lowest BCUT2D eigenvalue weighted by Crippen LogP contribution is -2.03. The number of aromatic carboxylic acids is 1. The molecule has 5 aromatic rings. The molecule has 4 heteroatoms. The highest BCUT2D eigenvalue weighted by Gasteiger charge is 2.21. The number of pyridine rings is 1. The van der Waals surface area contributed by atoms with Crippen molar-refractivity contribution in [1.29, 1.82) is 0 Å². The smallest absolute Gasteiger partial charge is 0.337 e. The van der Waals surface area contributed by atoms with Crippen LogP contribution < -0.4 is 0 Å². The number of carbonyl (C=O) groups excluding carboxylic acids is 1. The zero-order chi connectivity index (χ0) is 21.7. The molecule has 1 heterocycles. The van der Waals surface area contributed by atoms with Gasteiger partial charge in [-0.3, -0.25) is 4.79 Å². The van der Waals surface area contributed by atoms with E-state index in [0.717, 1.165) is 27.5 Å². The second-order valence-corrected chi connectivity index (χ2v) is 7.73. The van der Waals surface area contributed by atoms with E-state index in [1.165, 1.54) is 0 Å². The minimum absolute atomic E-state index is 0.00246. The van der Waals surface area contributed by atoms with Crippen LogP contribution in [0.3, 0.4) is 0 Å². The van der Waals surface area contributed by atoms with Gasteiger partial charge in [0.05, 0.1) is 16.6 Å². The van der Waals surface area contributed by atoms with Gasteiger partial charge in [0.15, 0.2) is 5.78 Å². The number of nitrogens with zero attached hydrogens (tertiary/aromatic N) is 1. The highest BCUT2D eigenvalue weighted by molar-refractivity contribution is 6.20. The highest BCUT2D eigenvalue weighted by Crippen LogP contribution is 2.40. The summed E-state index contributed by atoms with van der Waals surface area (Å²) in [7, 11) is 0. The Morgan fingerprint density at radius 1 is 0.806 bits per heavy atom. The lowest BCUT2D eigenvalue weighted by atomic mass is 9.87. The van der Waals surface area contributed by atoms with Crippen LogP contribution >= 0.6 is 0 Å². The van der Waals surface area contributed by atoms with Crippen LogP contribution in [0, 0.1) is 6.92 Å². The van der Waals surface area contributed by atoms with Crippen molar-refractivity contribution < 1.29 is 14.7 Å². The van der Waals surface area contributed by atoms with Crippen molar-refractivity contribution in [3.8, 4) is 11.1 Å². The van der Waals surface area contributed by atoms with E-state index >= 15 is 0 Å². The van der Waals surface area contributed by atoms with E-state index in [2.05, 4.69) is 0 Å². The van der Waals surface area contributed by atoms with Crippen molar-refractivity contribution in [2.75, 3.05) is 0 Å². The molecule has 150 valence electrons. The zero-order valence-electron chi connectivity index (χ0n) is 17.1. The maximum atomic E-state index is 12.4. The first kappa shape index (κ1) is 18.9. The Balaban J connectivity index is 2.00. The van der Waals surface area contributed by atoms with Gasteiger partial charge >= 0.3 is 5.97 Å². The van der Waals surface area contributed by atoms with Gasteiger partial charge < -0.3 is 5.11 Å². The van der Waals surface area contributed by atoms with Crippen LogP contribution in [-0.2, 0) is 0 Å². The number of benzene rings is 4. The molecule has 1 N–H and O–H groups in total. The molecule has 0 radical (unpaired) electrons. The van der Waals surface area contributed by atoms with Crippen LogP contribution in [-0.4, -0.2) is 21.8 Å². The van der Waals surface area contributed by atoms with Crippen molar-refractivity contribution in [1.82, 2.24) is 4.98 Å². The van der Waals surface area contributed by atoms with Gasteiger partial charge in [-0.25, -0.2) is 9.78 Å². The summed E-state index contributed by atoms with van der Waals surface area (Å²) in [6.07, 6.45) is 0. The normalized spacial score (nSPS) is 11.3. The number of hydrogen-bond acceptors (Lipinski definition) is 3. The monoisotopic (exact) mass is 405 g/mol. The fourth-order valence-corrected chi connectivity index (χ4v) is 4.54. The van der Waals surface area contributed by atoms with Gasteiger partial charge in [0, 0.05) is 16.3 Å². The molecule has 0 aliphatic rings. The van der Waals surface area contributed by atoms with Gasteiger partial charge in [-0.2, -0.15) is 0 Å². The maximum absolute atomic E-state index is 12.4. The number of hydrogen-bond donors (Lipinski definition) is 1. The second-order valence-electron chi connectivity index (χ2n) is 7.73. The van der Waals surface area contributed by atoms with Crippen molar-refractivity contribution in [3.63, 3.8) is 0 Å². The third-order valence-electron chi connectivity index (χ3n) is 5.81. The van der Waals surface area contributed by atoms with Crippen LogP contribution in [0.4, 0.5) is 0 Å². The van der Waals surface area contributed by atoms with Crippen LogP contribution in [0.5, 0.6) is 0 Å². The molecular formula is C27H19NO3. The Morgan fingerprint density at radius 3 is 2.16 bits per heavy atom. The lowest BCUT2D eigenvalue weighted by molar-refractivity contribution is 0.0701. The molecule has 0 fully saturated rings. The SMILES string of the molecule is CC(=O)c1cc(C)c(-c2cccc3nc4ccccc4c(C(=O)O)c23)c2ccccc12. The molecule has 1 aromatic heterocycles. The Hall–Kier alpha value is -4.05. The standard InChI is InChI=1S/C27H19NO3/c1-15-14-21(16(2)29)17-8-3-4-9-18(17)24(15)20-11-7-13-23-25(20)26(27(30)31)19-10-5-6-12-22(19)28-23/h3-14H,1-2H3,(H,30,31). The molecule has 0 aliphatic carbocycles. The Bertz CT molecular complexity index is 1550. The summed E-state index contributed by atoms with van der Waals surface area (Å²) >= 11 is 0. The first-order valence-electron chi connectivity index (χ1n) is 10.1. The number of rotatable bonds is 3. The van der Waals surface area contributed by atoms with Gasteiger partial charge in [0.2, 0.25) is 0 Å². The number of aromatic nitrogens is 1.